The average molecular weight is 437 g/mol. The van der Waals surface area contributed by atoms with Gasteiger partial charge in [-0.3, -0.25) is 4.79 Å². The zero-order valence-corrected chi connectivity index (χ0v) is 17.9. The van der Waals surface area contributed by atoms with Crippen molar-refractivity contribution in [3.63, 3.8) is 0 Å². The summed E-state index contributed by atoms with van der Waals surface area (Å²) in [5, 5.41) is 13.1. The topological polar surface area (TPSA) is 74.8 Å². The normalized spacial score (nSPS) is 15.5. The molecule has 0 aliphatic carbocycles. The summed E-state index contributed by atoms with van der Waals surface area (Å²) >= 11 is 6.29. The van der Waals surface area contributed by atoms with Gasteiger partial charge in [0.05, 0.1) is 25.4 Å². The maximum Gasteiger partial charge on any atom is 0.274 e. The molecule has 7 heteroatoms. The van der Waals surface area contributed by atoms with Crippen molar-refractivity contribution >= 4 is 44.9 Å². The fourth-order valence-electron chi connectivity index (χ4n) is 4.52. The second kappa shape index (κ2) is 7.39. The zero-order chi connectivity index (χ0) is 21.7. The second-order valence-corrected chi connectivity index (χ2v) is 7.90. The number of H-pyrrole nitrogens is 1. The number of nitrogens with zero attached hydrogens (tertiary/aromatic N) is 1. The van der Waals surface area contributed by atoms with E-state index >= 15 is 0 Å². The van der Waals surface area contributed by atoms with Crippen molar-refractivity contribution in [1.29, 1.82) is 0 Å². The number of aromatic hydroxyl groups is 1. The van der Waals surface area contributed by atoms with Gasteiger partial charge in [-0.25, -0.2) is 0 Å². The highest BCUT2D eigenvalue weighted by Gasteiger charge is 2.35. The van der Waals surface area contributed by atoms with Crippen molar-refractivity contribution in [2.45, 2.75) is 5.92 Å². The Bertz CT molecular complexity index is 1330. The van der Waals surface area contributed by atoms with Crippen molar-refractivity contribution < 1.29 is 19.4 Å². The van der Waals surface area contributed by atoms with Crippen molar-refractivity contribution in [3.8, 4) is 17.2 Å². The van der Waals surface area contributed by atoms with Crippen LogP contribution in [0.15, 0.2) is 48.5 Å². The van der Waals surface area contributed by atoms with Crippen LogP contribution in [0.2, 0.25) is 0 Å². The van der Waals surface area contributed by atoms with E-state index in [-0.39, 0.29) is 17.6 Å². The first kappa shape index (κ1) is 19.6. The van der Waals surface area contributed by atoms with Gasteiger partial charge in [0.2, 0.25) is 0 Å². The first-order chi connectivity index (χ1) is 15.1. The molecule has 0 bridgehead atoms. The van der Waals surface area contributed by atoms with Crippen LogP contribution in [0.25, 0.3) is 21.7 Å². The van der Waals surface area contributed by atoms with Crippen molar-refractivity contribution in [2.75, 3.05) is 31.5 Å². The van der Waals surface area contributed by atoms with Gasteiger partial charge in [0.25, 0.3) is 5.91 Å². The summed E-state index contributed by atoms with van der Waals surface area (Å²) in [6.45, 7) is 0.445. The smallest absolute Gasteiger partial charge is 0.274 e. The van der Waals surface area contributed by atoms with Gasteiger partial charge in [0, 0.05) is 35.2 Å². The van der Waals surface area contributed by atoms with E-state index < -0.39 is 0 Å². The minimum absolute atomic E-state index is 0.0230. The minimum atomic E-state index is -0.194. The Hall–Kier alpha value is -3.38. The lowest BCUT2D eigenvalue weighted by molar-refractivity contribution is 0.0984. The number of amides is 1. The molecule has 1 aliphatic rings. The van der Waals surface area contributed by atoms with E-state index in [1.54, 1.807) is 31.3 Å². The highest BCUT2D eigenvalue weighted by Crippen LogP contribution is 2.46. The first-order valence-electron chi connectivity index (χ1n) is 9.93. The number of fused-ring (bicyclic) bond motifs is 4. The number of carbonyl (C=O) groups excluding carboxylic acids is 1. The number of aromatic nitrogens is 1. The van der Waals surface area contributed by atoms with Crippen LogP contribution in [0, 0.1) is 0 Å². The molecule has 1 aliphatic heterocycles. The standard InChI is InChI=1S/C24H21ClN2O4/c1-30-20-8-7-13-9-17(26-22(13)23(20)31-2)24(29)27-12-14(11-25)21-16-6-4-3-5-15(16)19(28)10-18(21)27/h3-10,14,26,28H,11-12H2,1-2H3. The molecule has 1 amide bonds. The molecule has 0 saturated heterocycles. The maximum absolute atomic E-state index is 13.5. The molecule has 1 aromatic heterocycles. The van der Waals surface area contributed by atoms with Gasteiger partial charge in [-0.05, 0) is 29.1 Å². The lowest BCUT2D eigenvalue weighted by Gasteiger charge is -2.17. The molecule has 158 valence electrons. The molecule has 2 heterocycles. The molecule has 3 aromatic carbocycles. The number of nitrogens with one attached hydrogen (secondary N) is 1. The van der Waals surface area contributed by atoms with Crippen LogP contribution in [-0.4, -0.2) is 42.6 Å². The molecule has 2 N–H and O–H groups in total. The van der Waals surface area contributed by atoms with Crippen molar-refractivity contribution in [2.24, 2.45) is 0 Å². The summed E-state index contributed by atoms with van der Waals surface area (Å²) in [5.41, 5.74) is 2.80. The Morgan fingerprint density at radius 3 is 2.65 bits per heavy atom. The Morgan fingerprint density at radius 2 is 1.94 bits per heavy atom. The van der Waals surface area contributed by atoms with Gasteiger partial charge in [-0.1, -0.05) is 24.3 Å². The number of ether oxygens (including phenoxy) is 2. The number of hydrogen-bond donors (Lipinski definition) is 2. The molecule has 31 heavy (non-hydrogen) atoms. The maximum atomic E-state index is 13.5. The number of anilines is 1. The number of rotatable bonds is 4. The quantitative estimate of drug-likeness (QED) is 0.440. The number of phenols is 1. The fraction of sp³-hybridized carbons (Fsp3) is 0.208. The number of hydrogen-bond acceptors (Lipinski definition) is 4. The lowest BCUT2D eigenvalue weighted by atomic mass is 9.95. The molecule has 0 radical (unpaired) electrons. The molecule has 0 spiro atoms. The van der Waals surface area contributed by atoms with Crippen LogP contribution in [0.3, 0.4) is 0 Å². The Kier molecular flexibility index (Phi) is 4.67. The lowest BCUT2D eigenvalue weighted by Crippen LogP contribution is -2.30. The molecule has 0 saturated carbocycles. The zero-order valence-electron chi connectivity index (χ0n) is 17.1. The van der Waals surface area contributed by atoms with Gasteiger partial charge in [-0.2, -0.15) is 0 Å². The third kappa shape index (κ3) is 2.90. The van der Waals surface area contributed by atoms with Crippen LogP contribution in [0.5, 0.6) is 17.2 Å². The molecule has 0 fully saturated rings. The van der Waals surface area contributed by atoms with Crippen molar-refractivity contribution in [1.82, 2.24) is 4.98 Å². The molecular weight excluding hydrogens is 416 g/mol. The Labute approximate surface area is 183 Å². The SMILES string of the molecule is COc1ccc2cc(C(=O)N3CC(CCl)c4c3cc(O)c3ccccc43)[nH]c2c1OC. The monoisotopic (exact) mass is 436 g/mol. The summed E-state index contributed by atoms with van der Waals surface area (Å²) in [7, 11) is 3.14. The van der Waals surface area contributed by atoms with E-state index in [0.717, 1.165) is 21.7 Å². The molecular formula is C24H21ClN2O4. The van der Waals surface area contributed by atoms with Gasteiger partial charge < -0.3 is 24.5 Å². The predicted molar refractivity (Wildman–Crippen MR) is 122 cm³/mol. The summed E-state index contributed by atoms with van der Waals surface area (Å²) < 4.78 is 10.9. The Balaban J connectivity index is 1.63. The van der Waals surface area contributed by atoms with Crippen LogP contribution in [0.1, 0.15) is 22.0 Å². The summed E-state index contributed by atoms with van der Waals surface area (Å²) in [5.74, 6) is 1.43. The number of alkyl halides is 1. The highest BCUT2D eigenvalue weighted by molar-refractivity contribution is 6.19. The third-order valence-electron chi connectivity index (χ3n) is 5.94. The van der Waals surface area contributed by atoms with Gasteiger partial charge in [-0.15, -0.1) is 11.6 Å². The molecule has 4 aromatic rings. The second-order valence-electron chi connectivity index (χ2n) is 7.59. The third-order valence-corrected chi connectivity index (χ3v) is 6.32. The van der Waals surface area contributed by atoms with Crippen LogP contribution in [0.4, 0.5) is 5.69 Å². The van der Waals surface area contributed by atoms with E-state index in [0.29, 0.717) is 40.8 Å². The summed E-state index contributed by atoms with van der Waals surface area (Å²) in [6.07, 6.45) is 0. The van der Waals surface area contributed by atoms with E-state index in [2.05, 4.69) is 4.98 Å². The van der Waals surface area contributed by atoms with E-state index in [9.17, 15) is 9.90 Å². The molecule has 1 unspecified atom stereocenters. The number of methoxy groups -OCH3 is 2. The number of phenolic OH excluding ortho intramolecular Hbond substituents is 1. The summed E-state index contributed by atoms with van der Waals surface area (Å²) in [6, 6.07) is 14.8. The predicted octanol–water partition coefficient (Wildman–Crippen LogP) is 5.03. The molecule has 1 atom stereocenters. The Morgan fingerprint density at radius 1 is 1.16 bits per heavy atom. The van der Waals surface area contributed by atoms with Gasteiger partial charge >= 0.3 is 0 Å². The fourth-order valence-corrected chi connectivity index (χ4v) is 4.78. The van der Waals surface area contributed by atoms with Crippen LogP contribution in [-0.2, 0) is 0 Å². The van der Waals surface area contributed by atoms with E-state index in [4.69, 9.17) is 21.1 Å². The number of benzene rings is 3. The average Bonchev–Trinajstić information content (AvgIpc) is 3.39. The highest BCUT2D eigenvalue weighted by atomic mass is 35.5. The number of halogens is 1. The van der Waals surface area contributed by atoms with Crippen molar-refractivity contribution in [3.05, 3.63) is 59.8 Å². The number of carbonyl (C=O) groups is 1. The molecule has 5 rings (SSSR count). The minimum Gasteiger partial charge on any atom is -0.507 e. The summed E-state index contributed by atoms with van der Waals surface area (Å²) in [4.78, 5) is 18.4. The number of aromatic amines is 1. The van der Waals surface area contributed by atoms with Crippen LogP contribution >= 0.6 is 11.6 Å². The van der Waals surface area contributed by atoms with E-state index in [1.807, 2.05) is 36.4 Å². The van der Waals surface area contributed by atoms with E-state index in [1.165, 1.54) is 0 Å². The van der Waals surface area contributed by atoms with Gasteiger partial charge in [0.15, 0.2) is 11.5 Å². The van der Waals surface area contributed by atoms with Crippen LogP contribution < -0.4 is 14.4 Å². The first-order valence-corrected chi connectivity index (χ1v) is 10.5. The molecule has 6 nitrogen and oxygen atoms in total. The van der Waals surface area contributed by atoms with Gasteiger partial charge in [0.1, 0.15) is 11.4 Å². The largest absolute Gasteiger partial charge is 0.507 e.